The third-order valence-electron chi connectivity index (χ3n) is 4.50. The van der Waals surface area contributed by atoms with Crippen LogP contribution in [0, 0.1) is 5.41 Å². The zero-order valence-electron chi connectivity index (χ0n) is 9.95. The highest BCUT2D eigenvalue weighted by molar-refractivity contribution is 5.30. The van der Waals surface area contributed by atoms with E-state index in [0.717, 1.165) is 11.5 Å². The zero-order valence-corrected chi connectivity index (χ0v) is 9.95. The third-order valence-corrected chi connectivity index (χ3v) is 4.50. The maximum Gasteiger partial charge on any atom is 0.0843 e. The SMILES string of the molecule is CC1(C(O)c2cccc(C3CCC3)c2)CC1. The molecule has 0 bridgehead atoms. The molecule has 1 aromatic carbocycles. The third kappa shape index (κ3) is 1.67. The van der Waals surface area contributed by atoms with Crippen LogP contribution in [0.2, 0.25) is 0 Å². The van der Waals surface area contributed by atoms with Gasteiger partial charge in [-0.15, -0.1) is 0 Å². The van der Waals surface area contributed by atoms with Crippen molar-refractivity contribution in [1.29, 1.82) is 0 Å². The smallest absolute Gasteiger partial charge is 0.0843 e. The van der Waals surface area contributed by atoms with E-state index in [1.807, 2.05) is 0 Å². The quantitative estimate of drug-likeness (QED) is 0.815. The monoisotopic (exact) mass is 216 g/mol. The maximum absolute atomic E-state index is 10.3. The fourth-order valence-electron chi connectivity index (χ4n) is 2.60. The van der Waals surface area contributed by atoms with Crippen molar-refractivity contribution >= 4 is 0 Å². The lowest BCUT2D eigenvalue weighted by atomic mass is 9.79. The topological polar surface area (TPSA) is 20.2 Å². The second-order valence-corrected chi connectivity index (χ2v) is 5.85. The molecule has 0 amide bonds. The molecule has 2 aliphatic rings. The van der Waals surface area contributed by atoms with Gasteiger partial charge in [-0.2, -0.15) is 0 Å². The Balaban J connectivity index is 1.83. The molecule has 2 aliphatic carbocycles. The fourth-order valence-corrected chi connectivity index (χ4v) is 2.60. The van der Waals surface area contributed by atoms with E-state index in [9.17, 15) is 5.11 Å². The summed E-state index contributed by atoms with van der Waals surface area (Å²) in [6.07, 6.45) is 6.11. The van der Waals surface area contributed by atoms with Crippen LogP contribution in [0.5, 0.6) is 0 Å². The highest BCUT2D eigenvalue weighted by atomic mass is 16.3. The first kappa shape index (κ1) is 10.3. The Labute approximate surface area is 97.5 Å². The number of hydrogen-bond acceptors (Lipinski definition) is 1. The minimum atomic E-state index is -0.257. The molecule has 2 fully saturated rings. The van der Waals surface area contributed by atoms with Gasteiger partial charge in [0.15, 0.2) is 0 Å². The van der Waals surface area contributed by atoms with Crippen LogP contribution in [-0.4, -0.2) is 5.11 Å². The molecule has 1 unspecified atom stereocenters. The van der Waals surface area contributed by atoms with Crippen molar-refractivity contribution in [2.24, 2.45) is 5.41 Å². The van der Waals surface area contributed by atoms with Crippen LogP contribution in [0.1, 0.15) is 62.2 Å². The Morgan fingerprint density at radius 3 is 2.62 bits per heavy atom. The van der Waals surface area contributed by atoms with Gasteiger partial charge in [-0.1, -0.05) is 37.6 Å². The van der Waals surface area contributed by atoms with Crippen LogP contribution in [0.25, 0.3) is 0 Å². The van der Waals surface area contributed by atoms with E-state index in [4.69, 9.17) is 0 Å². The average Bonchev–Trinajstić information content (AvgIpc) is 2.95. The molecule has 16 heavy (non-hydrogen) atoms. The summed E-state index contributed by atoms with van der Waals surface area (Å²) in [5.41, 5.74) is 2.73. The van der Waals surface area contributed by atoms with E-state index >= 15 is 0 Å². The lowest BCUT2D eigenvalue weighted by Gasteiger charge is -2.27. The highest BCUT2D eigenvalue weighted by Crippen LogP contribution is 2.54. The van der Waals surface area contributed by atoms with Crippen molar-refractivity contribution in [3.05, 3.63) is 35.4 Å². The lowest BCUT2D eigenvalue weighted by Crippen LogP contribution is -2.12. The molecule has 0 spiro atoms. The summed E-state index contributed by atoms with van der Waals surface area (Å²) in [7, 11) is 0. The minimum absolute atomic E-state index is 0.165. The number of rotatable bonds is 3. The van der Waals surface area contributed by atoms with Crippen molar-refractivity contribution in [2.75, 3.05) is 0 Å². The molecule has 0 radical (unpaired) electrons. The Morgan fingerprint density at radius 2 is 2.06 bits per heavy atom. The summed E-state index contributed by atoms with van der Waals surface area (Å²) >= 11 is 0. The predicted molar refractivity (Wildman–Crippen MR) is 65.3 cm³/mol. The van der Waals surface area contributed by atoms with E-state index in [-0.39, 0.29) is 11.5 Å². The van der Waals surface area contributed by atoms with Crippen LogP contribution in [-0.2, 0) is 0 Å². The molecule has 0 aromatic heterocycles. The van der Waals surface area contributed by atoms with Gasteiger partial charge in [-0.3, -0.25) is 0 Å². The first-order chi connectivity index (χ1) is 7.69. The largest absolute Gasteiger partial charge is 0.388 e. The fraction of sp³-hybridized carbons (Fsp3) is 0.600. The molecule has 1 heteroatoms. The van der Waals surface area contributed by atoms with Gasteiger partial charge in [0.25, 0.3) is 0 Å². The lowest BCUT2D eigenvalue weighted by molar-refractivity contribution is 0.103. The van der Waals surface area contributed by atoms with Crippen LogP contribution in [0.3, 0.4) is 0 Å². The Kier molecular flexibility index (Phi) is 2.32. The summed E-state index contributed by atoms with van der Waals surface area (Å²) in [4.78, 5) is 0. The molecule has 1 N–H and O–H groups in total. The van der Waals surface area contributed by atoms with Crippen molar-refractivity contribution < 1.29 is 5.11 Å². The molecule has 86 valence electrons. The summed E-state index contributed by atoms with van der Waals surface area (Å²) < 4.78 is 0. The Bertz CT molecular complexity index is 388. The van der Waals surface area contributed by atoms with E-state index in [1.54, 1.807) is 0 Å². The summed E-state index contributed by atoms with van der Waals surface area (Å²) in [6, 6.07) is 8.64. The van der Waals surface area contributed by atoms with Crippen molar-refractivity contribution in [1.82, 2.24) is 0 Å². The van der Waals surface area contributed by atoms with Crippen LogP contribution in [0.15, 0.2) is 24.3 Å². The molecular weight excluding hydrogens is 196 g/mol. The molecule has 1 atom stereocenters. The molecule has 0 saturated heterocycles. The number of aliphatic hydroxyl groups excluding tert-OH is 1. The average molecular weight is 216 g/mol. The minimum Gasteiger partial charge on any atom is -0.388 e. The summed E-state index contributed by atoms with van der Waals surface area (Å²) in [5, 5.41) is 10.3. The van der Waals surface area contributed by atoms with Crippen molar-refractivity contribution in [2.45, 2.75) is 51.0 Å². The van der Waals surface area contributed by atoms with Gasteiger partial charge in [-0.05, 0) is 48.1 Å². The van der Waals surface area contributed by atoms with E-state index in [0.29, 0.717) is 0 Å². The van der Waals surface area contributed by atoms with Gasteiger partial charge in [0.2, 0.25) is 0 Å². The van der Waals surface area contributed by atoms with Crippen LogP contribution < -0.4 is 0 Å². The predicted octanol–water partition coefficient (Wildman–Crippen LogP) is 3.79. The highest BCUT2D eigenvalue weighted by Gasteiger charge is 2.44. The van der Waals surface area contributed by atoms with E-state index in [1.165, 1.54) is 37.7 Å². The number of benzene rings is 1. The molecule has 2 saturated carbocycles. The van der Waals surface area contributed by atoms with Gasteiger partial charge in [0, 0.05) is 0 Å². The van der Waals surface area contributed by atoms with E-state index < -0.39 is 0 Å². The van der Waals surface area contributed by atoms with E-state index in [2.05, 4.69) is 31.2 Å². The molecule has 1 nitrogen and oxygen atoms in total. The standard InChI is InChI=1S/C15H20O/c1-15(8-9-15)14(16)13-7-3-6-12(10-13)11-4-2-5-11/h3,6-7,10-11,14,16H,2,4-5,8-9H2,1H3. The van der Waals surface area contributed by atoms with Crippen LogP contribution in [0.4, 0.5) is 0 Å². The van der Waals surface area contributed by atoms with Gasteiger partial charge >= 0.3 is 0 Å². The molecule has 1 aromatic rings. The van der Waals surface area contributed by atoms with Gasteiger partial charge < -0.3 is 5.11 Å². The van der Waals surface area contributed by atoms with Crippen molar-refractivity contribution in [3.63, 3.8) is 0 Å². The first-order valence-electron chi connectivity index (χ1n) is 6.47. The maximum atomic E-state index is 10.3. The van der Waals surface area contributed by atoms with Gasteiger partial charge in [-0.25, -0.2) is 0 Å². The second kappa shape index (κ2) is 3.59. The van der Waals surface area contributed by atoms with Crippen molar-refractivity contribution in [3.8, 4) is 0 Å². The second-order valence-electron chi connectivity index (χ2n) is 5.85. The summed E-state index contributed by atoms with van der Waals surface area (Å²) in [6.45, 7) is 2.19. The summed E-state index contributed by atoms with van der Waals surface area (Å²) in [5.74, 6) is 0.763. The molecule has 0 heterocycles. The van der Waals surface area contributed by atoms with Crippen LogP contribution >= 0.6 is 0 Å². The Morgan fingerprint density at radius 1 is 1.31 bits per heavy atom. The number of hydrogen-bond donors (Lipinski definition) is 1. The molecule has 3 rings (SSSR count). The number of aliphatic hydroxyl groups is 1. The normalized spacial score (nSPS) is 24.9. The van der Waals surface area contributed by atoms with Gasteiger partial charge in [0.05, 0.1) is 6.10 Å². The first-order valence-corrected chi connectivity index (χ1v) is 6.47. The Hall–Kier alpha value is -0.820. The zero-order chi connectivity index (χ0) is 11.2. The molecular formula is C15H20O. The molecule has 0 aliphatic heterocycles. The van der Waals surface area contributed by atoms with Gasteiger partial charge in [0.1, 0.15) is 0 Å².